The quantitative estimate of drug-likeness (QED) is 0.721. The molecular formula is C12H20N2O3. The molecule has 2 aliphatic heterocycles. The van der Waals surface area contributed by atoms with Crippen LogP contribution in [0.1, 0.15) is 20.3 Å². The minimum Gasteiger partial charge on any atom is -0.481 e. The monoisotopic (exact) mass is 240 g/mol. The largest absolute Gasteiger partial charge is 0.481 e. The van der Waals surface area contributed by atoms with E-state index in [-0.39, 0.29) is 23.8 Å². The van der Waals surface area contributed by atoms with E-state index in [0.29, 0.717) is 13.1 Å². The van der Waals surface area contributed by atoms with Crippen LogP contribution < -0.4 is 5.32 Å². The average Bonchev–Trinajstić information content (AvgIpc) is 2.83. The van der Waals surface area contributed by atoms with Crippen molar-refractivity contribution in [3.8, 4) is 0 Å². The Labute approximate surface area is 101 Å². The van der Waals surface area contributed by atoms with Gasteiger partial charge in [-0.05, 0) is 25.8 Å². The van der Waals surface area contributed by atoms with Gasteiger partial charge >= 0.3 is 5.97 Å². The number of nitrogens with zero attached hydrogens (tertiary/aromatic N) is 1. The molecule has 5 nitrogen and oxygen atoms in total. The maximum absolute atomic E-state index is 12.3. The second-order valence-corrected chi connectivity index (χ2v) is 5.30. The molecule has 2 aliphatic rings. The predicted molar refractivity (Wildman–Crippen MR) is 62.4 cm³/mol. The van der Waals surface area contributed by atoms with E-state index in [4.69, 9.17) is 5.11 Å². The fourth-order valence-electron chi connectivity index (χ4n) is 2.90. The number of hydrogen-bond acceptors (Lipinski definition) is 3. The predicted octanol–water partition coefficient (Wildman–Crippen LogP) is 0.164. The molecule has 96 valence electrons. The number of aliphatic carboxylic acids is 1. The van der Waals surface area contributed by atoms with Gasteiger partial charge in [-0.2, -0.15) is 0 Å². The molecule has 2 unspecified atom stereocenters. The number of carboxylic acid groups (broad SMARTS) is 1. The van der Waals surface area contributed by atoms with Crippen LogP contribution in [-0.4, -0.2) is 47.6 Å². The SMILES string of the molecule is CC1NCCC1C(=O)N1C[C@@H](C)[C@H](C(=O)O)C1. The van der Waals surface area contributed by atoms with Crippen LogP contribution in [0.5, 0.6) is 0 Å². The highest BCUT2D eigenvalue weighted by Crippen LogP contribution is 2.27. The summed E-state index contributed by atoms with van der Waals surface area (Å²) in [4.78, 5) is 25.0. The summed E-state index contributed by atoms with van der Waals surface area (Å²) in [6.07, 6.45) is 0.864. The molecule has 0 bridgehead atoms. The highest BCUT2D eigenvalue weighted by Gasteiger charge is 2.40. The van der Waals surface area contributed by atoms with Crippen LogP contribution in [-0.2, 0) is 9.59 Å². The molecule has 5 heteroatoms. The Morgan fingerprint density at radius 1 is 1.24 bits per heavy atom. The number of rotatable bonds is 2. The van der Waals surface area contributed by atoms with Crippen molar-refractivity contribution in [3.63, 3.8) is 0 Å². The van der Waals surface area contributed by atoms with Gasteiger partial charge in [-0.1, -0.05) is 6.92 Å². The lowest BCUT2D eigenvalue weighted by molar-refractivity contribution is -0.142. The van der Waals surface area contributed by atoms with E-state index in [0.717, 1.165) is 13.0 Å². The van der Waals surface area contributed by atoms with Gasteiger partial charge < -0.3 is 15.3 Å². The zero-order valence-corrected chi connectivity index (χ0v) is 10.3. The normalized spacial score (nSPS) is 37.4. The summed E-state index contributed by atoms with van der Waals surface area (Å²) < 4.78 is 0. The highest BCUT2D eigenvalue weighted by molar-refractivity contribution is 5.81. The summed E-state index contributed by atoms with van der Waals surface area (Å²) in [6.45, 7) is 5.76. The molecule has 0 aliphatic carbocycles. The summed E-state index contributed by atoms with van der Waals surface area (Å²) in [5.74, 6) is -0.983. The summed E-state index contributed by atoms with van der Waals surface area (Å²) in [5.41, 5.74) is 0. The highest BCUT2D eigenvalue weighted by atomic mass is 16.4. The fourth-order valence-corrected chi connectivity index (χ4v) is 2.90. The molecule has 0 saturated carbocycles. The maximum Gasteiger partial charge on any atom is 0.308 e. The first-order valence-corrected chi connectivity index (χ1v) is 6.25. The first-order chi connectivity index (χ1) is 8.00. The Bertz CT molecular complexity index is 332. The summed E-state index contributed by atoms with van der Waals surface area (Å²) >= 11 is 0. The smallest absolute Gasteiger partial charge is 0.308 e. The van der Waals surface area contributed by atoms with Crippen LogP contribution in [0.4, 0.5) is 0 Å². The van der Waals surface area contributed by atoms with Crippen molar-refractivity contribution < 1.29 is 14.7 Å². The molecule has 0 radical (unpaired) electrons. The number of carboxylic acids is 1. The molecule has 1 amide bonds. The number of amides is 1. The van der Waals surface area contributed by atoms with Crippen molar-refractivity contribution in [1.29, 1.82) is 0 Å². The molecule has 0 spiro atoms. The zero-order valence-electron chi connectivity index (χ0n) is 10.3. The number of nitrogens with one attached hydrogen (secondary N) is 1. The van der Waals surface area contributed by atoms with E-state index >= 15 is 0 Å². The van der Waals surface area contributed by atoms with E-state index in [1.807, 2.05) is 13.8 Å². The number of hydrogen-bond donors (Lipinski definition) is 2. The molecule has 2 heterocycles. The fraction of sp³-hybridized carbons (Fsp3) is 0.833. The third kappa shape index (κ3) is 2.29. The molecule has 0 aromatic carbocycles. The lowest BCUT2D eigenvalue weighted by Crippen LogP contribution is -2.39. The Hall–Kier alpha value is -1.10. The number of carbonyl (C=O) groups excluding carboxylic acids is 1. The maximum atomic E-state index is 12.3. The number of carbonyl (C=O) groups is 2. The van der Waals surface area contributed by atoms with Gasteiger partial charge in [-0.3, -0.25) is 9.59 Å². The van der Waals surface area contributed by atoms with E-state index in [9.17, 15) is 9.59 Å². The molecule has 2 rings (SSSR count). The first kappa shape index (κ1) is 12.4. The second-order valence-electron chi connectivity index (χ2n) is 5.30. The van der Waals surface area contributed by atoms with Crippen LogP contribution in [0.25, 0.3) is 0 Å². The third-order valence-corrected chi connectivity index (χ3v) is 4.08. The van der Waals surface area contributed by atoms with Gasteiger partial charge in [0.25, 0.3) is 0 Å². The van der Waals surface area contributed by atoms with Crippen LogP contribution >= 0.6 is 0 Å². The minimum absolute atomic E-state index is 0.0229. The van der Waals surface area contributed by atoms with Crippen LogP contribution in [0.3, 0.4) is 0 Å². The first-order valence-electron chi connectivity index (χ1n) is 6.25. The van der Waals surface area contributed by atoms with Crippen molar-refractivity contribution in [3.05, 3.63) is 0 Å². The molecule has 4 atom stereocenters. The molecule has 2 N–H and O–H groups in total. The van der Waals surface area contributed by atoms with Gasteiger partial charge in [0, 0.05) is 19.1 Å². The van der Waals surface area contributed by atoms with E-state index in [2.05, 4.69) is 5.32 Å². The van der Waals surface area contributed by atoms with E-state index < -0.39 is 11.9 Å². The van der Waals surface area contributed by atoms with Gasteiger partial charge in [-0.15, -0.1) is 0 Å². The lowest BCUT2D eigenvalue weighted by atomic mass is 9.99. The number of likely N-dealkylation sites (tertiary alicyclic amines) is 1. The standard InChI is InChI=1S/C12H20N2O3/c1-7-5-14(6-10(7)12(16)17)11(15)9-3-4-13-8(9)2/h7-10,13H,3-6H2,1-2H3,(H,16,17)/t7-,8?,9?,10-/m1/s1. The molecule has 17 heavy (non-hydrogen) atoms. The Balaban J connectivity index is 2.00. The zero-order chi connectivity index (χ0) is 12.6. The molecular weight excluding hydrogens is 220 g/mol. The Morgan fingerprint density at radius 3 is 2.41 bits per heavy atom. The Kier molecular flexibility index (Phi) is 3.38. The van der Waals surface area contributed by atoms with Crippen molar-refractivity contribution >= 4 is 11.9 Å². The van der Waals surface area contributed by atoms with Crippen molar-refractivity contribution in [2.24, 2.45) is 17.8 Å². The van der Waals surface area contributed by atoms with Crippen LogP contribution in [0.15, 0.2) is 0 Å². The summed E-state index contributed by atoms with van der Waals surface area (Å²) in [7, 11) is 0. The van der Waals surface area contributed by atoms with Gasteiger partial charge in [0.15, 0.2) is 0 Å². The minimum atomic E-state index is -0.787. The average molecular weight is 240 g/mol. The van der Waals surface area contributed by atoms with Crippen LogP contribution in [0.2, 0.25) is 0 Å². The van der Waals surface area contributed by atoms with E-state index in [1.165, 1.54) is 0 Å². The van der Waals surface area contributed by atoms with Crippen LogP contribution in [0, 0.1) is 17.8 Å². The third-order valence-electron chi connectivity index (χ3n) is 4.08. The van der Waals surface area contributed by atoms with Gasteiger partial charge in [0.1, 0.15) is 0 Å². The van der Waals surface area contributed by atoms with Crippen molar-refractivity contribution in [2.45, 2.75) is 26.3 Å². The molecule has 0 aromatic heterocycles. The molecule has 0 aromatic rings. The van der Waals surface area contributed by atoms with E-state index in [1.54, 1.807) is 4.90 Å². The van der Waals surface area contributed by atoms with Gasteiger partial charge in [-0.25, -0.2) is 0 Å². The second kappa shape index (κ2) is 4.64. The lowest BCUT2D eigenvalue weighted by Gasteiger charge is -2.22. The molecule has 2 fully saturated rings. The van der Waals surface area contributed by atoms with Crippen molar-refractivity contribution in [2.75, 3.05) is 19.6 Å². The summed E-state index contributed by atoms with van der Waals surface area (Å²) in [6, 6.07) is 0.210. The topological polar surface area (TPSA) is 69.6 Å². The molecule has 2 saturated heterocycles. The Morgan fingerprint density at radius 2 is 1.94 bits per heavy atom. The van der Waals surface area contributed by atoms with Crippen molar-refractivity contribution in [1.82, 2.24) is 10.2 Å². The van der Waals surface area contributed by atoms with Gasteiger partial charge in [0.05, 0.1) is 11.8 Å². The summed E-state index contributed by atoms with van der Waals surface area (Å²) in [5, 5.41) is 12.3. The van der Waals surface area contributed by atoms with Gasteiger partial charge in [0.2, 0.25) is 5.91 Å².